The zero-order valence-electron chi connectivity index (χ0n) is 12.0. The number of hydrogen-bond donors (Lipinski definition) is 1. The summed E-state index contributed by atoms with van der Waals surface area (Å²) >= 11 is 1.45. The lowest BCUT2D eigenvalue weighted by Gasteiger charge is -2.16. The summed E-state index contributed by atoms with van der Waals surface area (Å²) in [6, 6.07) is 8.02. The molecular formula is C15H19N3OS. The summed E-state index contributed by atoms with van der Waals surface area (Å²) in [5, 5.41) is 5.81. The lowest BCUT2D eigenvalue weighted by molar-refractivity contribution is 0.0768. The van der Waals surface area contributed by atoms with Crippen molar-refractivity contribution >= 4 is 28.1 Å². The van der Waals surface area contributed by atoms with Crippen LogP contribution in [0.5, 0.6) is 0 Å². The third kappa shape index (κ3) is 3.17. The first-order valence-corrected chi connectivity index (χ1v) is 7.61. The highest BCUT2D eigenvalue weighted by atomic mass is 32.1. The highest BCUT2D eigenvalue weighted by molar-refractivity contribution is 7.14. The molecule has 1 heterocycles. The maximum atomic E-state index is 12.2. The molecule has 0 saturated heterocycles. The summed E-state index contributed by atoms with van der Waals surface area (Å²) in [6.45, 7) is 7.39. The Morgan fingerprint density at radius 2 is 2.00 bits per heavy atom. The first-order valence-electron chi connectivity index (χ1n) is 6.73. The summed E-state index contributed by atoms with van der Waals surface area (Å²) in [5.41, 5.74) is 2.68. The van der Waals surface area contributed by atoms with Gasteiger partial charge in [0.2, 0.25) is 0 Å². The van der Waals surface area contributed by atoms with Crippen molar-refractivity contribution in [3.05, 3.63) is 40.9 Å². The molecule has 0 saturated carbocycles. The maximum absolute atomic E-state index is 12.2. The minimum atomic E-state index is -0.0101. The van der Waals surface area contributed by atoms with Crippen LogP contribution in [-0.2, 0) is 0 Å². The van der Waals surface area contributed by atoms with Crippen LogP contribution in [0.2, 0.25) is 0 Å². The van der Waals surface area contributed by atoms with Gasteiger partial charge in [-0.3, -0.25) is 4.79 Å². The van der Waals surface area contributed by atoms with Crippen LogP contribution >= 0.6 is 11.3 Å². The standard InChI is InChI=1S/C15H19N3OS/c1-4-18(5-2)14(19)13-10-20-15(17-13)16-12-9-7-6-8-11(12)3/h6-10H,4-5H2,1-3H3,(H,16,17). The van der Waals surface area contributed by atoms with Crippen molar-refractivity contribution < 1.29 is 4.79 Å². The van der Waals surface area contributed by atoms with Crippen molar-refractivity contribution in [2.24, 2.45) is 0 Å². The number of anilines is 2. The zero-order valence-corrected chi connectivity index (χ0v) is 12.8. The fourth-order valence-electron chi connectivity index (χ4n) is 1.93. The van der Waals surface area contributed by atoms with Crippen molar-refractivity contribution in [2.45, 2.75) is 20.8 Å². The molecule has 0 unspecified atom stereocenters. The summed E-state index contributed by atoms with van der Waals surface area (Å²) in [4.78, 5) is 18.3. The number of benzene rings is 1. The lowest BCUT2D eigenvalue weighted by Crippen LogP contribution is -2.30. The second-order valence-corrected chi connectivity index (χ2v) is 5.31. The van der Waals surface area contributed by atoms with Crippen LogP contribution < -0.4 is 5.32 Å². The molecule has 1 aromatic heterocycles. The van der Waals surface area contributed by atoms with Crippen molar-refractivity contribution in [3.8, 4) is 0 Å². The van der Waals surface area contributed by atoms with E-state index in [1.54, 1.807) is 10.3 Å². The van der Waals surface area contributed by atoms with Crippen molar-refractivity contribution in [3.63, 3.8) is 0 Å². The smallest absolute Gasteiger partial charge is 0.273 e. The largest absolute Gasteiger partial charge is 0.338 e. The molecule has 0 spiro atoms. The Hall–Kier alpha value is -1.88. The molecule has 1 N–H and O–H groups in total. The second kappa shape index (κ2) is 6.52. The minimum absolute atomic E-state index is 0.0101. The molecule has 0 atom stereocenters. The Labute approximate surface area is 123 Å². The molecule has 0 aliphatic carbocycles. The van der Waals surface area contributed by atoms with E-state index in [0.717, 1.165) is 16.4 Å². The Kier molecular flexibility index (Phi) is 4.74. The molecule has 4 nitrogen and oxygen atoms in total. The van der Waals surface area contributed by atoms with Crippen LogP contribution in [0.15, 0.2) is 29.6 Å². The van der Waals surface area contributed by atoms with Crippen molar-refractivity contribution in [1.82, 2.24) is 9.88 Å². The molecule has 0 aliphatic heterocycles. The number of thiazole rings is 1. The molecule has 20 heavy (non-hydrogen) atoms. The van der Waals surface area contributed by atoms with Crippen LogP contribution in [0, 0.1) is 6.92 Å². The topological polar surface area (TPSA) is 45.2 Å². The second-order valence-electron chi connectivity index (χ2n) is 4.46. The van der Waals surface area contributed by atoms with Gasteiger partial charge in [-0.25, -0.2) is 4.98 Å². The van der Waals surface area contributed by atoms with E-state index in [1.807, 2.05) is 45.0 Å². The summed E-state index contributed by atoms with van der Waals surface area (Å²) in [7, 11) is 0. The van der Waals surface area contributed by atoms with E-state index in [9.17, 15) is 4.79 Å². The molecule has 2 rings (SSSR count). The Bertz CT molecular complexity index is 590. The van der Waals surface area contributed by atoms with E-state index in [-0.39, 0.29) is 5.91 Å². The molecule has 2 aromatic rings. The van der Waals surface area contributed by atoms with Crippen LogP contribution in [0.4, 0.5) is 10.8 Å². The zero-order chi connectivity index (χ0) is 14.5. The Morgan fingerprint density at radius 3 is 2.65 bits per heavy atom. The third-order valence-electron chi connectivity index (χ3n) is 3.16. The van der Waals surface area contributed by atoms with Crippen LogP contribution in [0.25, 0.3) is 0 Å². The van der Waals surface area contributed by atoms with E-state index in [1.165, 1.54) is 11.3 Å². The van der Waals surface area contributed by atoms with Gasteiger partial charge in [0.1, 0.15) is 5.69 Å². The number of aromatic nitrogens is 1. The number of aryl methyl sites for hydroxylation is 1. The summed E-state index contributed by atoms with van der Waals surface area (Å²) < 4.78 is 0. The van der Waals surface area contributed by atoms with E-state index in [0.29, 0.717) is 18.8 Å². The SMILES string of the molecule is CCN(CC)C(=O)c1csc(Nc2ccccc2C)n1. The molecular weight excluding hydrogens is 270 g/mol. The highest BCUT2D eigenvalue weighted by Gasteiger charge is 2.16. The number of nitrogens with one attached hydrogen (secondary N) is 1. The van der Waals surface area contributed by atoms with E-state index in [2.05, 4.69) is 10.3 Å². The number of carbonyl (C=O) groups excluding carboxylic acids is 1. The molecule has 0 aliphatic rings. The molecule has 0 bridgehead atoms. The predicted molar refractivity (Wildman–Crippen MR) is 83.8 cm³/mol. The molecule has 1 aromatic carbocycles. The van der Waals surface area contributed by atoms with Crippen LogP contribution in [0.3, 0.4) is 0 Å². The van der Waals surface area contributed by atoms with Gasteiger partial charge in [0, 0.05) is 24.2 Å². The summed E-state index contributed by atoms with van der Waals surface area (Å²) in [5.74, 6) is -0.0101. The van der Waals surface area contributed by atoms with E-state index >= 15 is 0 Å². The normalized spacial score (nSPS) is 10.3. The van der Waals surface area contributed by atoms with Gasteiger partial charge in [-0.15, -0.1) is 11.3 Å². The first kappa shape index (κ1) is 14.5. The maximum Gasteiger partial charge on any atom is 0.273 e. The fourth-order valence-corrected chi connectivity index (χ4v) is 2.63. The number of rotatable bonds is 5. The van der Waals surface area contributed by atoms with Gasteiger partial charge in [-0.05, 0) is 32.4 Å². The van der Waals surface area contributed by atoms with Gasteiger partial charge < -0.3 is 10.2 Å². The first-order chi connectivity index (χ1) is 9.65. The highest BCUT2D eigenvalue weighted by Crippen LogP contribution is 2.23. The quantitative estimate of drug-likeness (QED) is 0.913. The molecule has 0 fully saturated rings. The molecule has 5 heteroatoms. The van der Waals surface area contributed by atoms with Crippen molar-refractivity contribution in [2.75, 3.05) is 18.4 Å². The van der Waals surface area contributed by atoms with Crippen LogP contribution in [-0.4, -0.2) is 28.9 Å². The van der Waals surface area contributed by atoms with Gasteiger partial charge >= 0.3 is 0 Å². The van der Waals surface area contributed by atoms with Gasteiger partial charge in [0.15, 0.2) is 5.13 Å². The van der Waals surface area contributed by atoms with Gasteiger partial charge in [-0.1, -0.05) is 18.2 Å². The van der Waals surface area contributed by atoms with E-state index in [4.69, 9.17) is 0 Å². The van der Waals surface area contributed by atoms with E-state index < -0.39 is 0 Å². The molecule has 106 valence electrons. The number of nitrogens with zero attached hydrogens (tertiary/aromatic N) is 2. The molecule has 1 amide bonds. The fraction of sp³-hybridized carbons (Fsp3) is 0.333. The Balaban J connectivity index is 2.13. The number of amides is 1. The van der Waals surface area contributed by atoms with Crippen molar-refractivity contribution in [1.29, 1.82) is 0 Å². The third-order valence-corrected chi connectivity index (χ3v) is 3.92. The average Bonchev–Trinajstić information content (AvgIpc) is 2.91. The minimum Gasteiger partial charge on any atom is -0.338 e. The van der Waals surface area contributed by atoms with Gasteiger partial charge in [0.25, 0.3) is 5.91 Å². The number of para-hydroxylation sites is 1. The van der Waals surface area contributed by atoms with Crippen LogP contribution in [0.1, 0.15) is 29.9 Å². The number of hydrogen-bond acceptors (Lipinski definition) is 4. The van der Waals surface area contributed by atoms with Gasteiger partial charge in [0.05, 0.1) is 0 Å². The Morgan fingerprint density at radius 1 is 1.30 bits per heavy atom. The van der Waals surface area contributed by atoms with Gasteiger partial charge in [-0.2, -0.15) is 0 Å². The number of carbonyl (C=O) groups is 1. The lowest BCUT2D eigenvalue weighted by atomic mass is 10.2. The average molecular weight is 289 g/mol. The summed E-state index contributed by atoms with van der Waals surface area (Å²) in [6.07, 6.45) is 0. The monoisotopic (exact) mass is 289 g/mol. The predicted octanol–water partition coefficient (Wildman–Crippen LogP) is 3.68. The molecule has 0 radical (unpaired) electrons.